The average molecular weight is 264 g/mol. The number of thioether (sulfide) groups is 1. The molecular weight excluding hydrogens is 244 g/mol. The number of aryl methyl sites for hydroxylation is 2. The number of carbonyl (C=O) groups is 1. The molecule has 2 atom stereocenters. The third-order valence-corrected chi connectivity index (χ3v) is 4.93. The lowest BCUT2D eigenvalue weighted by Crippen LogP contribution is -2.17. The smallest absolute Gasteiger partial charge is 0.172 e. The SMILES string of the molecule is CC(O)C(C)SCC(=O)c1ccc2c(c1)CCC2. The zero-order valence-corrected chi connectivity index (χ0v) is 11.8. The number of aliphatic hydroxyl groups excluding tert-OH is 1. The Balaban J connectivity index is 1.97. The lowest BCUT2D eigenvalue weighted by Gasteiger charge is -2.13. The predicted molar refractivity (Wildman–Crippen MR) is 76.4 cm³/mol. The Morgan fingerprint density at radius 2 is 2.06 bits per heavy atom. The molecule has 2 unspecified atom stereocenters. The molecule has 1 aliphatic carbocycles. The Labute approximate surface area is 113 Å². The van der Waals surface area contributed by atoms with E-state index in [0.29, 0.717) is 5.75 Å². The zero-order valence-electron chi connectivity index (χ0n) is 11.0. The topological polar surface area (TPSA) is 37.3 Å². The molecule has 0 fully saturated rings. The largest absolute Gasteiger partial charge is 0.392 e. The summed E-state index contributed by atoms with van der Waals surface area (Å²) in [5.74, 6) is 0.618. The lowest BCUT2D eigenvalue weighted by molar-refractivity contribution is 0.102. The Kier molecular flexibility index (Phi) is 4.46. The summed E-state index contributed by atoms with van der Waals surface area (Å²) in [6, 6.07) is 6.09. The highest BCUT2D eigenvalue weighted by Gasteiger charge is 2.16. The fourth-order valence-corrected chi connectivity index (χ4v) is 3.03. The summed E-state index contributed by atoms with van der Waals surface area (Å²) in [6.07, 6.45) is 3.09. The number of hydrogen-bond acceptors (Lipinski definition) is 3. The molecule has 0 radical (unpaired) electrons. The summed E-state index contributed by atoms with van der Waals surface area (Å²) < 4.78 is 0. The van der Waals surface area contributed by atoms with Crippen LogP contribution >= 0.6 is 11.8 Å². The summed E-state index contributed by atoms with van der Waals surface area (Å²) in [6.45, 7) is 3.71. The molecule has 1 aromatic rings. The molecule has 98 valence electrons. The number of carbonyl (C=O) groups excluding carboxylic acids is 1. The van der Waals surface area contributed by atoms with E-state index >= 15 is 0 Å². The molecule has 2 rings (SSSR count). The van der Waals surface area contributed by atoms with Gasteiger partial charge in [-0.05, 0) is 43.4 Å². The van der Waals surface area contributed by atoms with Crippen molar-refractivity contribution in [2.45, 2.75) is 44.5 Å². The maximum Gasteiger partial charge on any atom is 0.172 e. The minimum atomic E-state index is -0.372. The first kappa shape index (κ1) is 13.6. The van der Waals surface area contributed by atoms with E-state index in [-0.39, 0.29) is 17.1 Å². The van der Waals surface area contributed by atoms with Crippen LogP contribution in [0.4, 0.5) is 0 Å². The highest BCUT2D eigenvalue weighted by atomic mass is 32.2. The van der Waals surface area contributed by atoms with Gasteiger partial charge in [0.05, 0.1) is 11.9 Å². The second-order valence-corrected chi connectivity index (χ2v) is 6.38. The van der Waals surface area contributed by atoms with Gasteiger partial charge in [0.15, 0.2) is 5.78 Å². The van der Waals surface area contributed by atoms with E-state index in [4.69, 9.17) is 0 Å². The first-order valence-electron chi connectivity index (χ1n) is 6.52. The number of hydrogen-bond donors (Lipinski definition) is 1. The molecular formula is C15H20O2S. The highest BCUT2D eigenvalue weighted by molar-refractivity contribution is 8.00. The summed E-state index contributed by atoms with van der Waals surface area (Å²) in [5, 5.41) is 9.50. The van der Waals surface area contributed by atoms with Crippen molar-refractivity contribution in [3.8, 4) is 0 Å². The molecule has 18 heavy (non-hydrogen) atoms. The van der Waals surface area contributed by atoms with Crippen LogP contribution in [0, 0.1) is 0 Å². The van der Waals surface area contributed by atoms with E-state index in [2.05, 4.69) is 12.1 Å². The van der Waals surface area contributed by atoms with Gasteiger partial charge in [0.25, 0.3) is 0 Å². The van der Waals surface area contributed by atoms with E-state index in [1.165, 1.54) is 29.3 Å². The van der Waals surface area contributed by atoms with Crippen molar-refractivity contribution in [3.63, 3.8) is 0 Å². The van der Waals surface area contributed by atoms with Gasteiger partial charge in [-0.25, -0.2) is 0 Å². The van der Waals surface area contributed by atoms with Crippen LogP contribution in [0.15, 0.2) is 18.2 Å². The van der Waals surface area contributed by atoms with Gasteiger partial charge >= 0.3 is 0 Å². The van der Waals surface area contributed by atoms with Crippen molar-refractivity contribution in [3.05, 3.63) is 34.9 Å². The Morgan fingerprint density at radius 1 is 1.33 bits per heavy atom. The van der Waals surface area contributed by atoms with E-state index < -0.39 is 0 Å². The monoisotopic (exact) mass is 264 g/mol. The zero-order chi connectivity index (χ0) is 13.1. The average Bonchev–Trinajstić information content (AvgIpc) is 2.82. The Bertz CT molecular complexity index is 440. The third kappa shape index (κ3) is 3.15. The fraction of sp³-hybridized carbons (Fsp3) is 0.533. The van der Waals surface area contributed by atoms with Gasteiger partial charge in [-0.15, -0.1) is 11.8 Å². The molecule has 2 nitrogen and oxygen atoms in total. The quantitative estimate of drug-likeness (QED) is 0.831. The normalized spacial score (nSPS) is 17.3. The van der Waals surface area contributed by atoms with Gasteiger partial charge in [0, 0.05) is 10.8 Å². The van der Waals surface area contributed by atoms with Gasteiger partial charge in [-0.2, -0.15) is 0 Å². The van der Waals surface area contributed by atoms with Crippen molar-refractivity contribution in [2.24, 2.45) is 0 Å². The Hall–Kier alpha value is -0.800. The maximum absolute atomic E-state index is 12.1. The second-order valence-electron chi connectivity index (χ2n) is 5.02. The molecule has 1 aromatic carbocycles. The van der Waals surface area contributed by atoms with E-state index in [1.807, 2.05) is 13.0 Å². The number of fused-ring (bicyclic) bond motifs is 1. The fourth-order valence-electron chi connectivity index (χ4n) is 2.17. The van der Waals surface area contributed by atoms with Crippen LogP contribution in [0.2, 0.25) is 0 Å². The molecule has 0 saturated heterocycles. The van der Waals surface area contributed by atoms with Crippen LogP contribution in [0.25, 0.3) is 0 Å². The highest BCUT2D eigenvalue weighted by Crippen LogP contribution is 2.24. The number of rotatable bonds is 5. The van der Waals surface area contributed by atoms with Gasteiger partial charge in [0.2, 0.25) is 0 Å². The van der Waals surface area contributed by atoms with Crippen molar-refractivity contribution in [2.75, 3.05) is 5.75 Å². The van der Waals surface area contributed by atoms with Crippen molar-refractivity contribution < 1.29 is 9.90 Å². The van der Waals surface area contributed by atoms with E-state index in [1.54, 1.807) is 6.92 Å². The number of benzene rings is 1. The number of aliphatic hydroxyl groups is 1. The van der Waals surface area contributed by atoms with Crippen LogP contribution in [0.1, 0.15) is 41.8 Å². The van der Waals surface area contributed by atoms with Gasteiger partial charge < -0.3 is 5.11 Å². The van der Waals surface area contributed by atoms with Gasteiger partial charge in [0.1, 0.15) is 0 Å². The van der Waals surface area contributed by atoms with E-state index in [0.717, 1.165) is 18.4 Å². The van der Waals surface area contributed by atoms with Gasteiger partial charge in [-0.3, -0.25) is 4.79 Å². The van der Waals surface area contributed by atoms with Crippen LogP contribution in [0.5, 0.6) is 0 Å². The molecule has 0 aliphatic heterocycles. The summed E-state index contributed by atoms with van der Waals surface area (Å²) in [7, 11) is 0. The molecule has 0 saturated carbocycles. The number of Topliss-reactive ketones (excluding diaryl/α,β-unsaturated/α-hetero) is 1. The minimum Gasteiger partial charge on any atom is -0.392 e. The molecule has 3 heteroatoms. The molecule has 1 aliphatic rings. The van der Waals surface area contributed by atoms with Crippen molar-refractivity contribution in [1.82, 2.24) is 0 Å². The molecule has 0 aromatic heterocycles. The molecule has 0 spiro atoms. The van der Waals surface area contributed by atoms with Crippen molar-refractivity contribution >= 4 is 17.5 Å². The summed E-state index contributed by atoms with van der Waals surface area (Å²) in [4.78, 5) is 12.1. The molecule has 0 bridgehead atoms. The third-order valence-electron chi connectivity index (χ3n) is 3.58. The summed E-state index contributed by atoms with van der Waals surface area (Å²) >= 11 is 1.52. The second kappa shape index (κ2) is 5.89. The molecule has 0 heterocycles. The Morgan fingerprint density at radius 3 is 2.78 bits per heavy atom. The van der Waals surface area contributed by atoms with E-state index in [9.17, 15) is 9.90 Å². The lowest BCUT2D eigenvalue weighted by atomic mass is 10.0. The number of ketones is 1. The molecule has 1 N–H and O–H groups in total. The first-order valence-corrected chi connectivity index (χ1v) is 7.57. The first-order chi connectivity index (χ1) is 8.58. The predicted octanol–water partition coefficient (Wildman–Crippen LogP) is 2.86. The van der Waals surface area contributed by atoms with Crippen LogP contribution in [0.3, 0.4) is 0 Å². The standard InChI is InChI=1S/C15H20O2S/c1-10(16)11(2)18-9-15(17)14-7-6-12-4-3-5-13(12)8-14/h6-8,10-11,16H,3-5,9H2,1-2H3. The summed E-state index contributed by atoms with van der Waals surface area (Å²) in [5.41, 5.74) is 3.56. The molecule has 0 amide bonds. The van der Waals surface area contributed by atoms with Crippen LogP contribution in [-0.2, 0) is 12.8 Å². The van der Waals surface area contributed by atoms with Crippen LogP contribution in [-0.4, -0.2) is 28.0 Å². The van der Waals surface area contributed by atoms with Crippen molar-refractivity contribution in [1.29, 1.82) is 0 Å². The van der Waals surface area contributed by atoms with Gasteiger partial charge in [-0.1, -0.05) is 19.1 Å². The minimum absolute atomic E-state index is 0.100. The maximum atomic E-state index is 12.1. The van der Waals surface area contributed by atoms with Crippen LogP contribution < -0.4 is 0 Å².